The SMILES string of the molecule is CCOC(=O)C(C)CNCC(O)C(F)(F)F. The molecule has 0 bridgehead atoms. The molecule has 0 heterocycles. The number of nitrogens with one attached hydrogen (secondary N) is 1. The lowest BCUT2D eigenvalue weighted by Gasteiger charge is -2.16. The van der Waals surface area contributed by atoms with Crippen LogP contribution < -0.4 is 5.32 Å². The number of rotatable bonds is 6. The van der Waals surface area contributed by atoms with Gasteiger partial charge < -0.3 is 15.2 Å². The highest BCUT2D eigenvalue weighted by molar-refractivity contribution is 5.72. The molecule has 0 aliphatic carbocycles. The monoisotopic (exact) mass is 243 g/mol. The quantitative estimate of drug-likeness (QED) is 0.674. The Balaban J connectivity index is 3.78. The van der Waals surface area contributed by atoms with Gasteiger partial charge in [0.1, 0.15) is 0 Å². The molecule has 0 amide bonds. The molecule has 2 atom stereocenters. The molecular formula is C9H16F3NO3. The minimum atomic E-state index is -4.64. The Morgan fingerprint density at radius 3 is 2.44 bits per heavy atom. The molecule has 2 N–H and O–H groups in total. The van der Waals surface area contributed by atoms with Crippen molar-refractivity contribution in [3.05, 3.63) is 0 Å². The molecular weight excluding hydrogens is 227 g/mol. The second-order valence-electron chi connectivity index (χ2n) is 3.37. The molecule has 0 aromatic heterocycles. The van der Waals surface area contributed by atoms with Crippen LogP contribution in [0.1, 0.15) is 13.8 Å². The number of alkyl halides is 3. The molecule has 0 spiro atoms. The van der Waals surface area contributed by atoms with Crippen molar-refractivity contribution >= 4 is 5.97 Å². The summed E-state index contributed by atoms with van der Waals surface area (Å²) in [6.07, 6.45) is -7.05. The number of carbonyl (C=O) groups excluding carboxylic acids is 1. The van der Waals surface area contributed by atoms with E-state index < -0.39 is 30.7 Å². The lowest BCUT2D eigenvalue weighted by molar-refractivity contribution is -0.201. The zero-order valence-corrected chi connectivity index (χ0v) is 9.17. The van der Waals surface area contributed by atoms with E-state index in [2.05, 4.69) is 10.1 Å². The Morgan fingerprint density at radius 1 is 1.44 bits per heavy atom. The predicted molar refractivity (Wildman–Crippen MR) is 50.7 cm³/mol. The fourth-order valence-electron chi connectivity index (χ4n) is 0.920. The van der Waals surface area contributed by atoms with Crippen LogP contribution in [0.3, 0.4) is 0 Å². The molecule has 7 heteroatoms. The first-order valence-corrected chi connectivity index (χ1v) is 4.91. The number of aliphatic hydroxyl groups excluding tert-OH is 1. The molecule has 4 nitrogen and oxygen atoms in total. The van der Waals surface area contributed by atoms with Gasteiger partial charge in [0.25, 0.3) is 0 Å². The van der Waals surface area contributed by atoms with Crippen molar-refractivity contribution < 1.29 is 27.8 Å². The number of aliphatic hydroxyl groups is 1. The number of esters is 1. The minimum Gasteiger partial charge on any atom is -0.466 e. The zero-order chi connectivity index (χ0) is 12.8. The Bertz CT molecular complexity index is 221. The minimum absolute atomic E-state index is 0.0337. The maximum Gasteiger partial charge on any atom is 0.415 e. The van der Waals surface area contributed by atoms with Crippen LogP contribution >= 0.6 is 0 Å². The second-order valence-corrected chi connectivity index (χ2v) is 3.37. The van der Waals surface area contributed by atoms with E-state index in [1.165, 1.54) is 6.92 Å². The van der Waals surface area contributed by atoms with Gasteiger partial charge >= 0.3 is 12.1 Å². The summed E-state index contributed by atoms with van der Waals surface area (Å²) in [4.78, 5) is 11.1. The number of hydrogen-bond acceptors (Lipinski definition) is 4. The van der Waals surface area contributed by atoms with Crippen LogP contribution in [0.2, 0.25) is 0 Å². The summed E-state index contributed by atoms with van der Waals surface area (Å²) in [6.45, 7) is 2.81. The van der Waals surface area contributed by atoms with Crippen molar-refractivity contribution in [1.82, 2.24) is 5.32 Å². The first-order chi connectivity index (χ1) is 7.29. The first-order valence-electron chi connectivity index (χ1n) is 4.91. The number of carbonyl (C=O) groups is 1. The normalized spacial score (nSPS) is 15.6. The van der Waals surface area contributed by atoms with Gasteiger partial charge in [0.05, 0.1) is 12.5 Å². The highest BCUT2D eigenvalue weighted by Gasteiger charge is 2.37. The summed E-state index contributed by atoms with van der Waals surface area (Å²) in [6, 6.07) is 0. The van der Waals surface area contributed by atoms with E-state index in [4.69, 9.17) is 5.11 Å². The van der Waals surface area contributed by atoms with E-state index in [1.807, 2.05) is 0 Å². The Kier molecular flexibility index (Phi) is 6.35. The molecule has 0 saturated heterocycles. The van der Waals surface area contributed by atoms with E-state index in [9.17, 15) is 18.0 Å². The van der Waals surface area contributed by atoms with Crippen LogP contribution in [0.15, 0.2) is 0 Å². The second kappa shape index (κ2) is 6.70. The Morgan fingerprint density at radius 2 is 2.00 bits per heavy atom. The smallest absolute Gasteiger partial charge is 0.415 e. The Labute approximate surface area is 91.8 Å². The van der Waals surface area contributed by atoms with Gasteiger partial charge in [0, 0.05) is 13.1 Å². The maximum atomic E-state index is 11.9. The van der Waals surface area contributed by atoms with Crippen LogP contribution in [0, 0.1) is 5.92 Å². The molecule has 0 aromatic carbocycles. The van der Waals surface area contributed by atoms with Crippen molar-refractivity contribution in [2.45, 2.75) is 26.1 Å². The van der Waals surface area contributed by atoms with E-state index >= 15 is 0 Å². The number of ether oxygens (including phenoxy) is 1. The molecule has 96 valence electrons. The standard InChI is InChI=1S/C9H16F3NO3/c1-3-16-8(15)6(2)4-13-5-7(14)9(10,11)12/h6-7,13-14H,3-5H2,1-2H3. The molecule has 0 fully saturated rings. The van der Waals surface area contributed by atoms with E-state index in [-0.39, 0.29) is 13.2 Å². The fraction of sp³-hybridized carbons (Fsp3) is 0.889. The van der Waals surface area contributed by atoms with Crippen LogP contribution in [0.5, 0.6) is 0 Å². The van der Waals surface area contributed by atoms with Crippen LogP contribution in [-0.2, 0) is 9.53 Å². The zero-order valence-electron chi connectivity index (χ0n) is 9.17. The van der Waals surface area contributed by atoms with Crippen molar-refractivity contribution in [1.29, 1.82) is 0 Å². The molecule has 0 aromatic rings. The van der Waals surface area contributed by atoms with E-state index in [0.717, 1.165) is 0 Å². The van der Waals surface area contributed by atoms with Gasteiger partial charge in [-0.05, 0) is 6.92 Å². The number of hydrogen-bond donors (Lipinski definition) is 2. The van der Waals surface area contributed by atoms with E-state index in [0.29, 0.717) is 0 Å². The van der Waals surface area contributed by atoms with E-state index in [1.54, 1.807) is 6.92 Å². The third-order valence-corrected chi connectivity index (χ3v) is 1.86. The van der Waals surface area contributed by atoms with Crippen LogP contribution in [0.4, 0.5) is 13.2 Å². The van der Waals surface area contributed by atoms with Gasteiger partial charge in [-0.3, -0.25) is 4.79 Å². The molecule has 16 heavy (non-hydrogen) atoms. The van der Waals surface area contributed by atoms with Crippen molar-refractivity contribution in [3.8, 4) is 0 Å². The maximum absolute atomic E-state index is 11.9. The lowest BCUT2D eigenvalue weighted by Crippen LogP contribution is -2.40. The predicted octanol–water partition coefficient (Wildman–Crippen LogP) is 0.698. The molecule has 0 rings (SSSR count). The average Bonchev–Trinajstić information content (AvgIpc) is 2.16. The van der Waals surface area contributed by atoms with Crippen LogP contribution in [-0.4, -0.2) is 43.1 Å². The highest BCUT2D eigenvalue weighted by Crippen LogP contribution is 2.19. The summed E-state index contributed by atoms with van der Waals surface area (Å²) in [7, 11) is 0. The topological polar surface area (TPSA) is 58.6 Å². The van der Waals surface area contributed by atoms with Crippen molar-refractivity contribution in [3.63, 3.8) is 0 Å². The summed E-state index contributed by atoms with van der Waals surface area (Å²) in [5.74, 6) is -1.02. The third kappa shape index (κ3) is 5.92. The van der Waals surface area contributed by atoms with Crippen molar-refractivity contribution in [2.75, 3.05) is 19.7 Å². The fourth-order valence-corrected chi connectivity index (χ4v) is 0.920. The first kappa shape index (κ1) is 15.2. The third-order valence-electron chi connectivity index (χ3n) is 1.86. The highest BCUT2D eigenvalue weighted by atomic mass is 19.4. The summed E-state index contributed by atoms with van der Waals surface area (Å²) in [5.41, 5.74) is 0. The molecule has 2 unspecified atom stereocenters. The van der Waals surface area contributed by atoms with Gasteiger partial charge in [-0.1, -0.05) is 6.92 Å². The molecule has 0 aliphatic rings. The Hall–Kier alpha value is -0.820. The average molecular weight is 243 g/mol. The van der Waals surface area contributed by atoms with Gasteiger partial charge in [-0.2, -0.15) is 13.2 Å². The summed E-state index contributed by atoms with van der Waals surface area (Å²) in [5, 5.41) is 11.0. The van der Waals surface area contributed by atoms with Gasteiger partial charge in [0.15, 0.2) is 6.10 Å². The number of halogens is 3. The van der Waals surface area contributed by atoms with Crippen molar-refractivity contribution in [2.24, 2.45) is 5.92 Å². The van der Waals surface area contributed by atoms with Gasteiger partial charge in [-0.25, -0.2) is 0 Å². The molecule has 0 radical (unpaired) electrons. The summed E-state index contributed by atoms with van der Waals surface area (Å²) < 4.78 is 40.3. The van der Waals surface area contributed by atoms with Gasteiger partial charge in [0.2, 0.25) is 0 Å². The molecule has 0 saturated carbocycles. The van der Waals surface area contributed by atoms with Crippen LogP contribution in [0.25, 0.3) is 0 Å². The molecule has 0 aliphatic heterocycles. The lowest BCUT2D eigenvalue weighted by atomic mass is 10.2. The summed E-state index contributed by atoms with van der Waals surface area (Å²) >= 11 is 0. The van der Waals surface area contributed by atoms with Gasteiger partial charge in [-0.15, -0.1) is 0 Å². The largest absolute Gasteiger partial charge is 0.466 e.